The lowest BCUT2D eigenvalue weighted by atomic mass is 10.2. The fourth-order valence-corrected chi connectivity index (χ4v) is 4.41. The molecule has 0 saturated heterocycles. The van der Waals surface area contributed by atoms with Crippen LogP contribution >= 0.6 is 0 Å². The first-order valence-corrected chi connectivity index (χ1v) is 11.0. The van der Waals surface area contributed by atoms with Crippen LogP contribution < -0.4 is 19.1 Å². The van der Waals surface area contributed by atoms with E-state index in [9.17, 15) is 13.2 Å². The second kappa shape index (κ2) is 9.53. The van der Waals surface area contributed by atoms with Gasteiger partial charge in [-0.2, -0.15) is 0 Å². The first-order valence-electron chi connectivity index (χ1n) is 9.51. The number of nitrogens with zero attached hydrogens (tertiary/aromatic N) is 1. The number of aryl methyl sites for hydroxylation is 1. The van der Waals surface area contributed by atoms with Crippen molar-refractivity contribution in [1.82, 2.24) is 0 Å². The van der Waals surface area contributed by atoms with Gasteiger partial charge < -0.3 is 14.8 Å². The highest BCUT2D eigenvalue weighted by Crippen LogP contribution is 2.32. The normalized spacial score (nSPS) is 10.9. The minimum absolute atomic E-state index is 0.0845. The second-order valence-corrected chi connectivity index (χ2v) is 8.64. The maximum atomic E-state index is 13.5. The Balaban J connectivity index is 1.95. The fourth-order valence-electron chi connectivity index (χ4n) is 2.98. The van der Waals surface area contributed by atoms with Crippen molar-refractivity contribution in [2.75, 3.05) is 30.4 Å². The lowest BCUT2D eigenvalue weighted by molar-refractivity contribution is -0.114. The highest BCUT2D eigenvalue weighted by molar-refractivity contribution is 7.92. The number of nitrogens with one attached hydrogen (secondary N) is 1. The Morgan fingerprint density at radius 1 is 0.903 bits per heavy atom. The zero-order chi connectivity index (χ0) is 22.4. The summed E-state index contributed by atoms with van der Waals surface area (Å²) in [5.74, 6) is 0.498. The van der Waals surface area contributed by atoms with Gasteiger partial charge >= 0.3 is 0 Å². The highest BCUT2D eigenvalue weighted by Gasteiger charge is 2.29. The number of amides is 1. The molecule has 162 valence electrons. The molecule has 3 aromatic carbocycles. The summed E-state index contributed by atoms with van der Waals surface area (Å²) in [5.41, 5.74) is 1.73. The SMILES string of the molecule is COc1ccc(NC(=O)CN(c2ccccc2OC)S(=O)(=O)c2ccc(C)cc2)cc1. The van der Waals surface area contributed by atoms with Crippen LogP contribution in [0.2, 0.25) is 0 Å². The summed E-state index contributed by atoms with van der Waals surface area (Å²) in [6, 6.07) is 19.9. The zero-order valence-electron chi connectivity index (χ0n) is 17.5. The summed E-state index contributed by atoms with van der Waals surface area (Å²) >= 11 is 0. The van der Waals surface area contributed by atoms with Gasteiger partial charge in [0.05, 0.1) is 24.8 Å². The Labute approximate surface area is 182 Å². The fraction of sp³-hybridized carbons (Fsp3) is 0.174. The number of carbonyl (C=O) groups is 1. The monoisotopic (exact) mass is 440 g/mol. The number of hydrogen-bond donors (Lipinski definition) is 1. The topological polar surface area (TPSA) is 84.9 Å². The molecule has 1 N–H and O–H groups in total. The summed E-state index contributed by atoms with van der Waals surface area (Å²) in [4.78, 5) is 12.9. The van der Waals surface area contributed by atoms with Gasteiger partial charge in [-0.3, -0.25) is 9.10 Å². The van der Waals surface area contributed by atoms with Crippen LogP contribution in [0.25, 0.3) is 0 Å². The molecule has 7 nitrogen and oxygen atoms in total. The lowest BCUT2D eigenvalue weighted by Gasteiger charge is -2.25. The predicted molar refractivity (Wildman–Crippen MR) is 120 cm³/mol. The number of ether oxygens (including phenoxy) is 2. The smallest absolute Gasteiger partial charge is 0.264 e. The van der Waals surface area contributed by atoms with Crippen LogP contribution in [-0.2, 0) is 14.8 Å². The number of carbonyl (C=O) groups excluding carboxylic acids is 1. The van der Waals surface area contributed by atoms with E-state index < -0.39 is 22.5 Å². The highest BCUT2D eigenvalue weighted by atomic mass is 32.2. The average Bonchev–Trinajstić information content (AvgIpc) is 2.78. The van der Waals surface area contributed by atoms with Gasteiger partial charge in [0.15, 0.2) is 0 Å². The van der Waals surface area contributed by atoms with Crippen LogP contribution in [0.4, 0.5) is 11.4 Å². The minimum Gasteiger partial charge on any atom is -0.497 e. The van der Waals surface area contributed by atoms with Crippen molar-refractivity contribution >= 4 is 27.3 Å². The minimum atomic E-state index is -4.03. The number of anilines is 2. The molecule has 3 aromatic rings. The van der Waals surface area contributed by atoms with Crippen molar-refractivity contribution < 1.29 is 22.7 Å². The first-order chi connectivity index (χ1) is 14.8. The van der Waals surface area contributed by atoms with Crippen molar-refractivity contribution in [3.63, 3.8) is 0 Å². The third-order valence-corrected chi connectivity index (χ3v) is 6.40. The number of para-hydroxylation sites is 2. The molecule has 0 aliphatic carbocycles. The van der Waals surface area contributed by atoms with Crippen LogP contribution in [0.5, 0.6) is 11.5 Å². The van der Waals surface area contributed by atoms with Gasteiger partial charge in [-0.1, -0.05) is 29.8 Å². The average molecular weight is 441 g/mol. The van der Waals surface area contributed by atoms with Gasteiger partial charge in [0.25, 0.3) is 10.0 Å². The number of sulfonamides is 1. The quantitative estimate of drug-likeness (QED) is 0.575. The molecule has 0 aliphatic heterocycles. The van der Waals surface area contributed by atoms with Crippen molar-refractivity contribution in [3.8, 4) is 11.5 Å². The Bertz CT molecular complexity index is 1140. The Hall–Kier alpha value is -3.52. The molecule has 3 rings (SSSR count). The van der Waals surface area contributed by atoms with Crippen LogP contribution in [0.1, 0.15) is 5.56 Å². The van der Waals surface area contributed by atoms with Crippen LogP contribution in [0.3, 0.4) is 0 Å². The standard InChI is InChI=1S/C23H24N2O5S/c1-17-8-14-20(15-9-17)31(27,28)25(21-6-4-5-7-22(21)30-3)16-23(26)24-18-10-12-19(29-2)13-11-18/h4-15H,16H2,1-3H3,(H,24,26). The summed E-state index contributed by atoms with van der Waals surface area (Å²) < 4.78 is 38.4. The molecule has 0 aromatic heterocycles. The van der Waals surface area contributed by atoms with E-state index in [0.717, 1.165) is 9.87 Å². The molecule has 0 aliphatic rings. The molecule has 0 fully saturated rings. The van der Waals surface area contributed by atoms with Gasteiger partial charge in [-0.15, -0.1) is 0 Å². The molecule has 0 atom stereocenters. The zero-order valence-corrected chi connectivity index (χ0v) is 18.3. The summed E-state index contributed by atoms with van der Waals surface area (Å²) in [6.45, 7) is 1.44. The second-order valence-electron chi connectivity index (χ2n) is 6.77. The Morgan fingerprint density at radius 3 is 2.16 bits per heavy atom. The molecule has 0 bridgehead atoms. The van der Waals surface area contributed by atoms with Crippen LogP contribution in [-0.4, -0.2) is 35.1 Å². The van der Waals surface area contributed by atoms with Gasteiger partial charge in [0.1, 0.15) is 18.0 Å². The van der Waals surface area contributed by atoms with E-state index in [1.54, 1.807) is 67.8 Å². The van der Waals surface area contributed by atoms with E-state index in [1.807, 2.05) is 6.92 Å². The summed E-state index contributed by atoms with van der Waals surface area (Å²) in [7, 11) is -1.03. The van der Waals surface area contributed by atoms with Crippen LogP contribution in [0, 0.1) is 6.92 Å². The molecular formula is C23H24N2O5S. The van der Waals surface area contributed by atoms with E-state index in [0.29, 0.717) is 17.2 Å². The summed E-state index contributed by atoms with van der Waals surface area (Å²) in [5, 5.41) is 2.72. The maximum absolute atomic E-state index is 13.5. The lowest BCUT2D eigenvalue weighted by Crippen LogP contribution is -2.38. The number of hydrogen-bond acceptors (Lipinski definition) is 5. The van der Waals surface area contributed by atoms with Crippen molar-refractivity contribution in [1.29, 1.82) is 0 Å². The molecule has 0 saturated carbocycles. The maximum Gasteiger partial charge on any atom is 0.264 e. The van der Waals surface area contributed by atoms with Gasteiger partial charge in [-0.05, 0) is 55.5 Å². The third kappa shape index (κ3) is 5.16. The van der Waals surface area contributed by atoms with E-state index >= 15 is 0 Å². The molecule has 0 heterocycles. The van der Waals surface area contributed by atoms with Gasteiger partial charge in [0.2, 0.25) is 5.91 Å². The van der Waals surface area contributed by atoms with E-state index in [2.05, 4.69) is 5.32 Å². The summed E-state index contributed by atoms with van der Waals surface area (Å²) in [6.07, 6.45) is 0. The Morgan fingerprint density at radius 2 is 1.55 bits per heavy atom. The van der Waals surface area contributed by atoms with Crippen molar-refractivity contribution in [2.24, 2.45) is 0 Å². The van der Waals surface area contributed by atoms with E-state index in [1.165, 1.54) is 19.2 Å². The molecule has 31 heavy (non-hydrogen) atoms. The predicted octanol–water partition coefficient (Wildman–Crippen LogP) is 3.85. The molecule has 0 unspecified atom stereocenters. The molecule has 1 amide bonds. The van der Waals surface area contributed by atoms with Gasteiger partial charge in [0, 0.05) is 5.69 Å². The van der Waals surface area contributed by atoms with E-state index in [-0.39, 0.29) is 10.6 Å². The molecule has 0 spiro atoms. The molecule has 0 radical (unpaired) electrons. The number of rotatable bonds is 8. The third-order valence-electron chi connectivity index (χ3n) is 4.62. The molecule has 8 heteroatoms. The number of benzene rings is 3. The molecular weight excluding hydrogens is 416 g/mol. The van der Waals surface area contributed by atoms with Crippen molar-refractivity contribution in [2.45, 2.75) is 11.8 Å². The van der Waals surface area contributed by atoms with Gasteiger partial charge in [-0.25, -0.2) is 8.42 Å². The van der Waals surface area contributed by atoms with E-state index in [4.69, 9.17) is 9.47 Å². The largest absolute Gasteiger partial charge is 0.497 e. The number of methoxy groups -OCH3 is 2. The Kier molecular flexibility index (Phi) is 6.81. The van der Waals surface area contributed by atoms with Crippen molar-refractivity contribution in [3.05, 3.63) is 78.4 Å². The van der Waals surface area contributed by atoms with Crippen LogP contribution in [0.15, 0.2) is 77.7 Å². The first kappa shape index (κ1) is 22.2.